The van der Waals surface area contributed by atoms with Crippen molar-refractivity contribution in [2.24, 2.45) is 0 Å². The second kappa shape index (κ2) is 9.74. The van der Waals surface area contributed by atoms with E-state index in [0.717, 1.165) is 5.56 Å². The summed E-state index contributed by atoms with van der Waals surface area (Å²) in [7, 11) is 2.93. The van der Waals surface area contributed by atoms with Crippen LogP contribution in [0, 0.1) is 0 Å². The second-order valence-electron chi connectivity index (χ2n) is 6.87. The summed E-state index contributed by atoms with van der Waals surface area (Å²) in [5, 5.41) is 0. The molecule has 0 radical (unpaired) electrons. The van der Waals surface area contributed by atoms with Crippen LogP contribution < -0.4 is 4.74 Å². The summed E-state index contributed by atoms with van der Waals surface area (Å²) in [5.41, 5.74) is 2.03. The van der Waals surface area contributed by atoms with Crippen LogP contribution in [0.1, 0.15) is 40.5 Å². The van der Waals surface area contributed by atoms with Gasteiger partial charge in [-0.3, -0.25) is 4.79 Å². The summed E-state index contributed by atoms with van der Waals surface area (Å²) >= 11 is 0. The zero-order chi connectivity index (χ0) is 21.5. The van der Waals surface area contributed by atoms with Crippen LogP contribution in [0.2, 0.25) is 0 Å². The highest BCUT2D eigenvalue weighted by Gasteiger charge is 2.36. The first kappa shape index (κ1) is 21.1. The van der Waals surface area contributed by atoms with Crippen molar-refractivity contribution in [3.8, 4) is 5.75 Å². The van der Waals surface area contributed by atoms with Gasteiger partial charge in [0.05, 0.1) is 20.3 Å². The maximum Gasteiger partial charge on any atom is 0.333 e. The first-order chi connectivity index (χ1) is 14.6. The van der Waals surface area contributed by atoms with Crippen molar-refractivity contribution in [3.05, 3.63) is 102 Å². The molecule has 3 rings (SSSR count). The van der Waals surface area contributed by atoms with E-state index >= 15 is 0 Å². The van der Waals surface area contributed by atoms with Crippen LogP contribution in [0.5, 0.6) is 5.75 Å². The predicted octanol–water partition coefficient (Wildman–Crippen LogP) is 4.81. The van der Waals surface area contributed by atoms with E-state index in [-0.39, 0.29) is 5.91 Å². The van der Waals surface area contributed by atoms with Gasteiger partial charge in [-0.1, -0.05) is 60.7 Å². The van der Waals surface area contributed by atoms with Gasteiger partial charge in [-0.25, -0.2) is 4.79 Å². The van der Waals surface area contributed by atoms with Crippen LogP contribution in [0.15, 0.2) is 84.9 Å². The van der Waals surface area contributed by atoms with Crippen molar-refractivity contribution in [1.29, 1.82) is 0 Å². The summed E-state index contributed by atoms with van der Waals surface area (Å²) in [6.07, 6.45) is 0. The van der Waals surface area contributed by atoms with Crippen LogP contribution in [-0.4, -0.2) is 31.0 Å². The Morgan fingerprint density at radius 2 is 1.40 bits per heavy atom. The van der Waals surface area contributed by atoms with Crippen LogP contribution in [0.3, 0.4) is 0 Å². The summed E-state index contributed by atoms with van der Waals surface area (Å²) in [4.78, 5) is 28.1. The molecule has 2 atom stereocenters. The number of carbonyl (C=O) groups excluding carboxylic acids is 2. The van der Waals surface area contributed by atoms with Crippen molar-refractivity contribution in [2.45, 2.75) is 19.0 Å². The number of methoxy groups -OCH3 is 2. The topological polar surface area (TPSA) is 55.8 Å². The fourth-order valence-corrected chi connectivity index (χ4v) is 3.47. The summed E-state index contributed by atoms with van der Waals surface area (Å²) in [6, 6.07) is 24.3. The fourth-order valence-electron chi connectivity index (χ4n) is 3.47. The van der Waals surface area contributed by atoms with E-state index in [4.69, 9.17) is 9.47 Å². The molecule has 0 unspecified atom stereocenters. The number of nitrogens with zero attached hydrogens (tertiary/aromatic N) is 1. The zero-order valence-corrected chi connectivity index (χ0v) is 17.3. The smallest absolute Gasteiger partial charge is 0.333 e. The Balaban J connectivity index is 2.14. The number of ether oxygens (including phenoxy) is 2. The molecule has 0 spiro atoms. The Hall–Kier alpha value is -3.60. The van der Waals surface area contributed by atoms with Gasteiger partial charge in [0.2, 0.25) is 0 Å². The summed E-state index contributed by atoms with van der Waals surface area (Å²) < 4.78 is 10.5. The van der Waals surface area contributed by atoms with Gasteiger partial charge >= 0.3 is 5.97 Å². The quantitative estimate of drug-likeness (QED) is 0.531. The van der Waals surface area contributed by atoms with Gasteiger partial charge in [0, 0.05) is 5.56 Å². The third kappa shape index (κ3) is 4.51. The number of rotatable bonds is 7. The van der Waals surface area contributed by atoms with Gasteiger partial charge in [0.25, 0.3) is 5.91 Å². The van der Waals surface area contributed by atoms with Crippen LogP contribution >= 0.6 is 0 Å². The molecular formula is C25H25NO4. The Kier molecular flexibility index (Phi) is 6.86. The van der Waals surface area contributed by atoms with Crippen LogP contribution in [-0.2, 0) is 9.53 Å². The Labute approximate surface area is 176 Å². The molecule has 0 bridgehead atoms. The lowest BCUT2D eigenvalue weighted by Crippen LogP contribution is -2.41. The SMILES string of the molecule is COC(=O)[C@@H](c1ccccc1)N(C(=O)c1ccccc1)[C@H](C)c1cccc(OC)c1. The average molecular weight is 403 g/mol. The monoisotopic (exact) mass is 403 g/mol. The number of carbonyl (C=O) groups is 2. The van der Waals surface area contributed by atoms with E-state index in [1.807, 2.05) is 67.6 Å². The molecule has 5 heteroatoms. The highest BCUT2D eigenvalue weighted by atomic mass is 16.5. The number of benzene rings is 3. The standard InChI is InChI=1S/C25H25NO4/c1-18(21-15-10-16-22(17-21)29-2)26(24(27)20-13-8-5-9-14-20)23(25(28)30-3)19-11-6-4-7-12-19/h4-18,23H,1-3H3/t18-,23-/m1/s1. The minimum atomic E-state index is -0.898. The molecule has 3 aromatic carbocycles. The molecule has 0 N–H and O–H groups in total. The van der Waals surface area contributed by atoms with Crippen molar-refractivity contribution >= 4 is 11.9 Å². The van der Waals surface area contributed by atoms with Gasteiger partial charge in [-0.05, 0) is 42.3 Å². The maximum atomic E-state index is 13.6. The zero-order valence-electron chi connectivity index (χ0n) is 17.3. The van der Waals surface area contributed by atoms with Crippen molar-refractivity contribution in [2.75, 3.05) is 14.2 Å². The molecule has 0 aliphatic carbocycles. The first-order valence-corrected chi connectivity index (χ1v) is 9.71. The predicted molar refractivity (Wildman–Crippen MR) is 115 cm³/mol. The molecule has 154 valence electrons. The summed E-state index contributed by atoms with van der Waals surface area (Å²) in [5.74, 6) is -0.0776. The minimum absolute atomic E-state index is 0.259. The molecule has 0 saturated heterocycles. The number of amides is 1. The van der Waals surface area contributed by atoms with E-state index in [9.17, 15) is 9.59 Å². The van der Waals surface area contributed by atoms with Crippen LogP contribution in [0.4, 0.5) is 0 Å². The highest BCUT2D eigenvalue weighted by molar-refractivity contribution is 5.97. The molecular weight excluding hydrogens is 378 g/mol. The van der Waals surface area contributed by atoms with Gasteiger partial charge in [-0.2, -0.15) is 0 Å². The van der Waals surface area contributed by atoms with E-state index in [0.29, 0.717) is 16.9 Å². The normalized spacial score (nSPS) is 12.5. The van der Waals surface area contributed by atoms with Gasteiger partial charge < -0.3 is 14.4 Å². The number of hydrogen-bond acceptors (Lipinski definition) is 4. The lowest BCUT2D eigenvalue weighted by molar-refractivity contribution is -0.147. The maximum absolute atomic E-state index is 13.6. The fraction of sp³-hybridized carbons (Fsp3) is 0.200. The van der Waals surface area contributed by atoms with E-state index in [1.54, 1.807) is 36.3 Å². The minimum Gasteiger partial charge on any atom is -0.497 e. The molecule has 3 aromatic rings. The van der Waals surface area contributed by atoms with Crippen molar-refractivity contribution in [3.63, 3.8) is 0 Å². The molecule has 1 amide bonds. The third-order valence-corrected chi connectivity index (χ3v) is 5.07. The molecule has 0 aliphatic heterocycles. The molecule has 0 fully saturated rings. The van der Waals surface area contributed by atoms with E-state index < -0.39 is 18.1 Å². The molecule has 5 nitrogen and oxygen atoms in total. The Bertz CT molecular complexity index is 988. The largest absolute Gasteiger partial charge is 0.497 e. The molecule has 30 heavy (non-hydrogen) atoms. The second-order valence-corrected chi connectivity index (χ2v) is 6.87. The van der Waals surface area contributed by atoms with Gasteiger partial charge in [0.1, 0.15) is 5.75 Å². The van der Waals surface area contributed by atoms with Crippen molar-refractivity contribution < 1.29 is 19.1 Å². The Morgan fingerprint density at radius 1 is 0.800 bits per heavy atom. The number of hydrogen-bond donors (Lipinski definition) is 0. The lowest BCUT2D eigenvalue weighted by atomic mass is 9.98. The van der Waals surface area contributed by atoms with Crippen molar-refractivity contribution in [1.82, 2.24) is 4.90 Å². The number of esters is 1. The van der Waals surface area contributed by atoms with Gasteiger partial charge in [-0.15, -0.1) is 0 Å². The third-order valence-electron chi connectivity index (χ3n) is 5.07. The molecule has 0 saturated carbocycles. The first-order valence-electron chi connectivity index (χ1n) is 9.71. The molecule has 0 aromatic heterocycles. The highest BCUT2D eigenvalue weighted by Crippen LogP contribution is 2.34. The Morgan fingerprint density at radius 3 is 2.00 bits per heavy atom. The van der Waals surface area contributed by atoms with E-state index in [1.165, 1.54) is 7.11 Å². The van der Waals surface area contributed by atoms with E-state index in [2.05, 4.69) is 0 Å². The molecule has 0 heterocycles. The lowest BCUT2D eigenvalue weighted by Gasteiger charge is -2.35. The average Bonchev–Trinajstić information content (AvgIpc) is 2.82. The summed E-state index contributed by atoms with van der Waals surface area (Å²) in [6.45, 7) is 1.90. The van der Waals surface area contributed by atoms with Gasteiger partial charge in [0.15, 0.2) is 6.04 Å². The van der Waals surface area contributed by atoms with Crippen LogP contribution in [0.25, 0.3) is 0 Å². The molecule has 0 aliphatic rings.